The molecule has 0 spiro atoms. The lowest BCUT2D eigenvalue weighted by Gasteiger charge is -2.26. The summed E-state index contributed by atoms with van der Waals surface area (Å²) >= 11 is 5.47. The van der Waals surface area contributed by atoms with Gasteiger partial charge in [-0.2, -0.15) is 0 Å². The van der Waals surface area contributed by atoms with Gasteiger partial charge < -0.3 is 5.32 Å². The molecule has 0 unspecified atom stereocenters. The first-order chi connectivity index (χ1) is 7.43. The predicted molar refractivity (Wildman–Crippen MR) is 67.8 cm³/mol. The van der Waals surface area contributed by atoms with Crippen molar-refractivity contribution in [3.63, 3.8) is 0 Å². The number of hydrogen-bond donors (Lipinski definition) is 1. The Hall–Kier alpha value is -1.02. The van der Waals surface area contributed by atoms with Crippen LogP contribution in [0.5, 0.6) is 0 Å². The van der Waals surface area contributed by atoms with Crippen molar-refractivity contribution >= 4 is 17.5 Å². The van der Waals surface area contributed by atoms with Crippen molar-refractivity contribution in [2.75, 3.05) is 5.88 Å². The molecule has 1 aromatic rings. The van der Waals surface area contributed by atoms with Crippen molar-refractivity contribution in [3.8, 4) is 0 Å². The molecule has 88 valence electrons. The first kappa shape index (κ1) is 13.0. The summed E-state index contributed by atoms with van der Waals surface area (Å²) in [4.78, 5) is 11.2. The van der Waals surface area contributed by atoms with Crippen LogP contribution >= 0.6 is 11.6 Å². The van der Waals surface area contributed by atoms with Gasteiger partial charge in [0.25, 0.3) is 0 Å². The Bertz CT molecular complexity index is 357. The van der Waals surface area contributed by atoms with Crippen LogP contribution in [-0.2, 0) is 11.2 Å². The number of halogens is 1. The van der Waals surface area contributed by atoms with E-state index in [2.05, 4.69) is 36.5 Å². The summed E-state index contributed by atoms with van der Waals surface area (Å²) in [5, 5.41) is 2.90. The van der Waals surface area contributed by atoms with Crippen molar-refractivity contribution < 1.29 is 4.79 Å². The smallest absolute Gasteiger partial charge is 0.235 e. The number of hydrogen-bond acceptors (Lipinski definition) is 1. The quantitative estimate of drug-likeness (QED) is 0.805. The van der Waals surface area contributed by atoms with Crippen LogP contribution < -0.4 is 5.32 Å². The third-order valence-corrected chi connectivity index (χ3v) is 2.61. The fraction of sp³-hybridized carbons (Fsp3) is 0.462. The lowest BCUT2D eigenvalue weighted by molar-refractivity contribution is -0.120. The van der Waals surface area contributed by atoms with Gasteiger partial charge in [-0.25, -0.2) is 0 Å². The maximum Gasteiger partial charge on any atom is 0.235 e. The average molecular weight is 240 g/mol. The molecule has 2 nitrogen and oxygen atoms in total. The maximum absolute atomic E-state index is 11.2. The molecule has 0 aromatic heterocycles. The molecule has 0 heterocycles. The van der Waals surface area contributed by atoms with Crippen LogP contribution in [0.2, 0.25) is 0 Å². The van der Waals surface area contributed by atoms with E-state index in [4.69, 9.17) is 11.6 Å². The Kier molecular flexibility index (Phi) is 4.36. The average Bonchev–Trinajstić information content (AvgIpc) is 2.20. The van der Waals surface area contributed by atoms with Gasteiger partial charge in [0, 0.05) is 5.54 Å². The number of nitrogens with one attached hydrogen (secondary N) is 1. The number of carbonyl (C=O) groups excluding carboxylic acids is 1. The van der Waals surface area contributed by atoms with E-state index < -0.39 is 0 Å². The minimum absolute atomic E-state index is 0.0112. The monoisotopic (exact) mass is 239 g/mol. The first-order valence-electron chi connectivity index (χ1n) is 5.35. The molecule has 0 saturated carbocycles. The highest BCUT2D eigenvalue weighted by molar-refractivity contribution is 6.27. The first-order valence-corrected chi connectivity index (χ1v) is 5.89. The minimum atomic E-state index is -0.263. The Labute approximate surface area is 102 Å². The molecule has 0 fully saturated rings. The fourth-order valence-corrected chi connectivity index (χ4v) is 1.74. The molecule has 0 saturated heterocycles. The van der Waals surface area contributed by atoms with E-state index >= 15 is 0 Å². The number of alkyl halides is 1. The Morgan fingerprint density at radius 3 is 2.38 bits per heavy atom. The second-order valence-electron chi connectivity index (χ2n) is 4.73. The summed E-state index contributed by atoms with van der Waals surface area (Å²) in [6, 6.07) is 8.33. The molecular formula is C13H18ClNO. The minimum Gasteiger partial charge on any atom is -0.350 e. The second kappa shape index (κ2) is 5.35. The Balaban J connectivity index is 2.64. The largest absolute Gasteiger partial charge is 0.350 e. The summed E-state index contributed by atoms with van der Waals surface area (Å²) < 4.78 is 0. The number of amides is 1. The predicted octanol–water partition coefficient (Wildman–Crippen LogP) is 2.67. The zero-order valence-corrected chi connectivity index (χ0v) is 10.8. The van der Waals surface area contributed by atoms with E-state index in [1.54, 1.807) is 0 Å². The highest BCUT2D eigenvalue weighted by Gasteiger charge is 2.20. The van der Waals surface area contributed by atoms with E-state index in [0.29, 0.717) is 0 Å². The molecule has 0 aliphatic carbocycles. The molecule has 1 amide bonds. The zero-order chi connectivity index (χ0) is 12.2. The third-order valence-electron chi connectivity index (χ3n) is 2.37. The number of carbonyl (C=O) groups is 1. The van der Waals surface area contributed by atoms with Gasteiger partial charge in [0.05, 0.1) is 0 Å². The van der Waals surface area contributed by atoms with Crippen LogP contribution in [0.4, 0.5) is 0 Å². The molecule has 1 rings (SSSR count). The second-order valence-corrected chi connectivity index (χ2v) is 5.00. The van der Waals surface area contributed by atoms with Crippen molar-refractivity contribution in [2.45, 2.75) is 32.7 Å². The van der Waals surface area contributed by atoms with Crippen molar-refractivity contribution in [1.29, 1.82) is 0 Å². The summed E-state index contributed by atoms with van der Waals surface area (Å²) in [5.74, 6) is -0.115. The van der Waals surface area contributed by atoms with Crippen molar-refractivity contribution in [1.82, 2.24) is 5.32 Å². The maximum atomic E-state index is 11.2. The summed E-state index contributed by atoms with van der Waals surface area (Å²) in [5.41, 5.74) is 2.19. The van der Waals surface area contributed by atoms with Gasteiger partial charge in [0.1, 0.15) is 5.88 Å². The van der Waals surface area contributed by atoms with Crippen LogP contribution in [-0.4, -0.2) is 17.3 Å². The van der Waals surface area contributed by atoms with Crippen LogP contribution in [0.3, 0.4) is 0 Å². The molecule has 16 heavy (non-hydrogen) atoms. The molecule has 0 aliphatic heterocycles. The molecule has 1 N–H and O–H groups in total. The molecule has 0 radical (unpaired) electrons. The lowest BCUT2D eigenvalue weighted by atomic mass is 9.94. The molecule has 1 aromatic carbocycles. The fourth-order valence-electron chi connectivity index (χ4n) is 1.67. The van der Waals surface area contributed by atoms with E-state index in [0.717, 1.165) is 6.42 Å². The van der Waals surface area contributed by atoms with E-state index in [1.807, 2.05) is 13.8 Å². The summed E-state index contributed by atoms with van der Waals surface area (Å²) in [6.07, 6.45) is 0.801. The molecule has 3 heteroatoms. The number of benzene rings is 1. The van der Waals surface area contributed by atoms with E-state index in [9.17, 15) is 4.79 Å². The molecular weight excluding hydrogens is 222 g/mol. The number of aryl methyl sites for hydroxylation is 1. The highest BCUT2D eigenvalue weighted by atomic mass is 35.5. The molecule has 0 bridgehead atoms. The third kappa shape index (κ3) is 4.23. The zero-order valence-electron chi connectivity index (χ0n) is 10.0. The summed E-state index contributed by atoms with van der Waals surface area (Å²) in [7, 11) is 0. The van der Waals surface area contributed by atoms with E-state index in [1.165, 1.54) is 11.1 Å². The van der Waals surface area contributed by atoms with Crippen molar-refractivity contribution in [3.05, 3.63) is 35.4 Å². The Morgan fingerprint density at radius 2 is 1.88 bits per heavy atom. The van der Waals surface area contributed by atoms with Gasteiger partial charge in [-0.05, 0) is 32.8 Å². The van der Waals surface area contributed by atoms with Gasteiger partial charge in [0.2, 0.25) is 5.91 Å². The van der Waals surface area contributed by atoms with Crippen molar-refractivity contribution in [2.24, 2.45) is 0 Å². The Morgan fingerprint density at radius 1 is 1.31 bits per heavy atom. The molecule has 0 atom stereocenters. The van der Waals surface area contributed by atoms with Crippen LogP contribution in [0.15, 0.2) is 24.3 Å². The van der Waals surface area contributed by atoms with Crippen LogP contribution in [0.25, 0.3) is 0 Å². The van der Waals surface area contributed by atoms with Gasteiger partial charge in [0.15, 0.2) is 0 Å². The standard InChI is InChI=1S/C13H18ClNO/c1-10-4-6-11(7-5-10)8-13(2,3)15-12(16)9-14/h4-7H,8-9H2,1-3H3,(H,15,16). The van der Waals surface area contributed by atoms with Crippen LogP contribution in [0.1, 0.15) is 25.0 Å². The topological polar surface area (TPSA) is 29.1 Å². The van der Waals surface area contributed by atoms with Gasteiger partial charge in [-0.3, -0.25) is 4.79 Å². The van der Waals surface area contributed by atoms with E-state index in [-0.39, 0.29) is 17.3 Å². The van der Waals surface area contributed by atoms with Crippen LogP contribution in [0, 0.1) is 6.92 Å². The van der Waals surface area contributed by atoms with Gasteiger partial charge in [-0.1, -0.05) is 29.8 Å². The highest BCUT2D eigenvalue weighted by Crippen LogP contribution is 2.13. The normalized spacial score (nSPS) is 11.2. The lowest BCUT2D eigenvalue weighted by Crippen LogP contribution is -2.45. The summed E-state index contributed by atoms with van der Waals surface area (Å²) in [6.45, 7) is 6.05. The van der Waals surface area contributed by atoms with Gasteiger partial charge >= 0.3 is 0 Å². The van der Waals surface area contributed by atoms with Gasteiger partial charge in [-0.15, -0.1) is 11.6 Å². The SMILES string of the molecule is Cc1ccc(CC(C)(C)NC(=O)CCl)cc1. The number of rotatable bonds is 4. The molecule has 0 aliphatic rings.